The molecule has 0 bridgehead atoms. The number of hydrogen-bond donors (Lipinski definition) is 1. The lowest BCUT2D eigenvalue weighted by molar-refractivity contribution is -0.141. The molecule has 0 unspecified atom stereocenters. The first-order chi connectivity index (χ1) is 12.6. The molecular formula is C21H24N2O3. The number of ether oxygens (including phenoxy) is 1. The molecule has 136 valence electrons. The summed E-state index contributed by atoms with van der Waals surface area (Å²) in [6.45, 7) is 5.33. The summed E-state index contributed by atoms with van der Waals surface area (Å²) in [7, 11) is 0. The summed E-state index contributed by atoms with van der Waals surface area (Å²) in [5.74, 6) is 0.617. The molecule has 2 aromatic rings. The molecule has 1 heterocycles. The average molecular weight is 352 g/mol. The van der Waals surface area contributed by atoms with Crippen LogP contribution >= 0.6 is 0 Å². The number of amides is 2. The van der Waals surface area contributed by atoms with Crippen molar-refractivity contribution in [3.05, 3.63) is 65.2 Å². The van der Waals surface area contributed by atoms with Crippen LogP contribution in [0.5, 0.6) is 5.75 Å². The minimum absolute atomic E-state index is 0.00954. The van der Waals surface area contributed by atoms with E-state index in [9.17, 15) is 9.59 Å². The van der Waals surface area contributed by atoms with E-state index in [1.807, 2.05) is 62.4 Å². The first kappa shape index (κ1) is 18.0. The molecule has 1 atom stereocenters. The third kappa shape index (κ3) is 3.72. The Balaban J connectivity index is 1.77. The smallest absolute Gasteiger partial charge is 0.247 e. The van der Waals surface area contributed by atoms with Crippen molar-refractivity contribution in [2.75, 3.05) is 13.2 Å². The van der Waals surface area contributed by atoms with E-state index in [0.717, 1.165) is 22.4 Å². The van der Waals surface area contributed by atoms with E-state index in [-0.39, 0.29) is 11.8 Å². The van der Waals surface area contributed by atoms with E-state index < -0.39 is 6.04 Å². The van der Waals surface area contributed by atoms with Crippen LogP contribution in [0, 0.1) is 0 Å². The van der Waals surface area contributed by atoms with Gasteiger partial charge in [0.1, 0.15) is 11.8 Å². The maximum atomic E-state index is 12.9. The lowest BCUT2D eigenvalue weighted by Gasteiger charge is -2.35. The monoisotopic (exact) mass is 352 g/mol. The predicted molar refractivity (Wildman–Crippen MR) is 99.7 cm³/mol. The van der Waals surface area contributed by atoms with Gasteiger partial charge in [0, 0.05) is 13.1 Å². The number of carbonyl (C=O) groups excluding carboxylic acids is 2. The van der Waals surface area contributed by atoms with Crippen molar-refractivity contribution in [1.82, 2.24) is 10.2 Å². The zero-order chi connectivity index (χ0) is 18.5. The summed E-state index contributed by atoms with van der Waals surface area (Å²) in [5.41, 5.74) is 2.80. The fourth-order valence-electron chi connectivity index (χ4n) is 3.38. The Hall–Kier alpha value is -2.82. The molecule has 26 heavy (non-hydrogen) atoms. The molecule has 1 N–H and O–H groups in total. The molecule has 0 aliphatic carbocycles. The minimum atomic E-state index is -0.576. The Labute approximate surface area is 154 Å². The summed E-state index contributed by atoms with van der Waals surface area (Å²) >= 11 is 0. The second-order valence-corrected chi connectivity index (χ2v) is 6.26. The number of nitrogens with one attached hydrogen (secondary N) is 1. The van der Waals surface area contributed by atoms with E-state index in [1.165, 1.54) is 0 Å². The fraction of sp³-hybridized carbons (Fsp3) is 0.333. The van der Waals surface area contributed by atoms with Gasteiger partial charge in [-0.15, -0.1) is 0 Å². The second kappa shape index (κ2) is 8.04. The van der Waals surface area contributed by atoms with Crippen LogP contribution < -0.4 is 10.1 Å². The number of nitrogens with zero attached hydrogens (tertiary/aromatic N) is 1. The van der Waals surface area contributed by atoms with Crippen molar-refractivity contribution in [2.24, 2.45) is 0 Å². The highest BCUT2D eigenvalue weighted by molar-refractivity contribution is 5.92. The number of likely N-dealkylation sites (N-methyl/N-ethyl adjacent to an activating group) is 1. The minimum Gasteiger partial charge on any atom is -0.494 e. The first-order valence-corrected chi connectivity index (χ1v) is 9.00. The fourth-order valence-corrected chi connectivity index (χ4v) is 3.38. The van der Waals surface area contributed by atoms with Crippen molar-refractivity contribution in [3.8, 4) is 5.75 Å². The summed E-state index contributed by atoms with van der Waals surface area (Å²) < 4.78 is 5.50. The molecule has 5 nitrogen and oxygen atoms in total. The number of fused-ring (bicyclic) bond motifs is 1. The zero-order valence-corrected chi connectivity index (χ0v) is 15.2. The first-order valence-electron chi connectivity index (χ1n) is 9.00. The van der Waals surface area contributed by atoms with Gasteiger partial charge in [-0.1, -0.05) is 36.4 Å². The number of hydrogen-bond acceptors (Lipinski definition) is 3. The van der Waals surface area contributed by atoms with Crippen LogP contribution in [-0.2, 0) is 22.6 Å². The molecule has 2 amide bonds. The Bertz CT molecular complexity index is 803. The van der Waals surface area contributed by atoms with Crippen molar-refractivity contribution in [3.63, 3.8) is 0 Å². The normalized spacial score (nSPS) is 16.2. The number of rotatable bonds is 6. The van der Waals surface area contributed by atoms with Crippen LogP contribution in [-0.4, -0.2) is 29.9 Å². The van der Waals surface area contributed by atoms with E-state index in [0.29, 0.717) is 26.1 Å². The summed E-state index contributed by atoms with van der Waals surface area (Å²) in [4.78, 5) is 27.0. The van der Waals surface area contributed by atoms with Crippen molar-refractivity contribution in [1.29, 1.82) is 0 Å². The lowest BCUT2D eigenvalue weighted by atomic mass is 9.91. The Morgan fingerprint density at radius 3 is 2.77 bits per heavy atom. The van der Waals surface area contributed by atoms with Crippen LogP contribution in [0.25, 0.3) is 0 Å². The van der Waals surface area contributed by atoms with E-state index in [2.05, 4.69) is 5.32 Å². The summed E-state index contributed by atoms with van der Waals surface area (Å²) in [6, 6.07) is 14.8. The van der Waals surface area contributed by atoms with Crippen LogP contribution in [0.1, 0.15) is 36.6 Å². The van der Waals surface area contributed by atoms with E-state index >= 15 is 0 Å². The van der Waals surface area contributed by atoms with Gasteiger partial charge in [0.05, 0.1) is 13.0 Å². The molecular weight excluding hydrogens is 328 g/mol. The number of carbonyl (C=O) groups is 2. The molecule has 1 aliphatic heterocycles. The van der Waals surface area contributed by atoms with Crippen molar-refractivity contribution in [2.45, 2.75) is 32.9 Å². The lowest BCUT2D eigenvalue weighted by Crippen LogP contribution is -2.47. The molecule has 5 heteroatoms. The molecule has 1 aliphatic rings. The Morgan fingerprint density at radius 1 is 1.19 bits per heavy atom. The van der Waals surface area contributed by atoms with Crippen LogP contribution in [0.15, 0.2) is 48.5 Å². The van der Waals surface area contributed by atoms with Gasteiger partial charge in [-0.3, -0.25) is 9.59 Å². The molecule has 0 spiro atoms. The summed E-state index contributed by atoms with van der Waals surface area (Å²) in [6.07, 6.45) is 0.351. The van der Waals surface area contributed by atoms with E-state index in [1.54, 1.807) is 4.90 Å². The van der Waals surface area contributed by atoms with Gasteiger partial charge in [-0.05, 0) is 42.7 Å². The zero-order valence-electron chi connectivity index (χ0n) is 15.2. The third-order valence-corrected chi connectivity index (χ3v) is 4.59. The van der Waals surface area contributed by atoms with Gasteiger partial charge in [-0.25, -0.2) is 0 Å². The van der Waals surface area contributed by atoms with Crippen LogP contribution in [0.3, 0.4) is 0 Å². The molecule has 2 aromatic carbocycles. The van der Waals surface area contributed by atoms with Crippen LogP contribution in [0.2, 0.25) is 0 Å². The highest BCUT2D eigenvalue weighted by Gasteiger charge is 2.35. The van der Waals surface area contributed by atoms with Gasteiger partial charge in [-0.2, -0.15) is 0 Å². The number of benzene rings is 2. The largest absolute Gasteiger partial charge is 0.494 e. The Kier molecular flexibility index (Phi) is 5.56. The standard InChI is InChI=1S/C21H24N2O3/c1-3-23-19(24)13-16-9-5-6-11-18(16)20(23)21(25)22-14-15-8-7-10-17(12-15)26-4-2/h5-12,20H,3-4,13-14H2,1-2H3,(H,22,25)/t20-/m0/s1. The molecule has 0 saturated heterocycles. The van der Waals surface area contributed by atoms with Crippen LogP contribution in [0.4, 0.5) is 0 Å². The molecule has 3 rings (SSSR count). The van der Waals surface area contributed by atoms with Crippen molar-refractivity contribution < 1.29 is 14.3 Å². The van der Waals surface area contributed by atoms with Gasteiger partial charge < -0.3 is 15.0 Å². The summed E-state index contributed by atoms with van der Waals surface area (Å²) in [5, 5.41) is 2.98. The van der Waals surface area contributed by atoms with Gasteiger partial charge in [0.2, 0.25) is 11.8 Å². The van der Waals surface area contributed by atoms with Gasteiger partial charge in [0.15, 0.2) is 0 Å². The predicted octanol–water partition coefficient (Wildman–Crippen LogP) is 2.85. The Morgan fingerprint density at radius 2 is 2.00 bits per heavy atom. The van der Waals surface area contributed by atoms with E-state index in [4.69, 9.17) is 4.74 Å². The topological polar surface area (TPSA) is 58.6 Å². The molecule has 0 fully saturated rings. The highest BCUT2D eigenvalue weighted by atomic mass is 16.5. The second-order valence-electron chi connectivity index (χ2n) is 6.26. The van der Waals surface area contributed by atoms with Crippen molar-refractivity contribution >= 4 is 11.8 Å². The van der Waals surface area contributed by atoms with Gasteiger partial charge in [0.25, 0.3) is 0 Å². The maximum Gasteiger partial charge on any atom is 0.247 e. The SMILES string of the molecule is CCOc1cccc(CNC(=O)[C@@H]2c3ccccc3CC(=O)N2CC)c1. The molecule has 0 aromatic heterocycles. The third-order valence-electron chi connectivity index (χ3n) is 4.59. The molecule has 0 radical (unpaired) electrons. The quantitative estimate of drug-likeness (QED) is 0.870. The molecule has 0 saturated carbocycles. The highest BCUT2D eigenvalue weighted by Crippen LogP contribution is 2.30. The average Bonchev–Trinajstić information content (AvgIpc) is 2.65. The maximum absolute atomic E-state index is 12.9. The van der Waals surface area contributed by atoms with Gasteiger partial charge >= 0.3 is 0 Å².